The molecular formula is C21H21FN4O3S. The maximum absolute atomic E-state index is 14.2. The van der Waals surface area contributed by atoms with E-state index >= 15 is 0 Å². The van der Waals surface area contributed by atoms with Gasteiger partial charge in [-0.1, -0.05) is 42.5 Å². The fraction of sp³-hybridized carbons (Fsp3) is 0.238. The number of imidazole rings is 1. The summed E-state index contributed by atoms with van der Waals surface area (Å²) in [5, 5.41) is 2.60. The summed E-state index contributed by atoms with van der Waals surface area (Å²) >= 11 is 0. The van der Waals surface area contributed by atoms with Gasteiger partial charge in [-0.15, -0.1) is 0 Å². The Morgan fingerprint density at radius 2 is 1.73 bits per heavy atom. The summed E-state index contributed by atoms with van der Waals surface area (Å²) in [4.78, 5) is 16.6. The van der Waals surface area contributed by atoms with E-state index in [1.54, 1.807) is 0 Å². The number of nitrogens with one attached hydrogen (secondary N) is 1. The molecule has 9 heteroatoms. The zero-order chi connectivity index (χ0) is 21.3. The van der Waals surface area contributed by atoms with Gasteiger partial charge in [0.1, 0.15) is 22.2 Å². The van der Waals surface area contributed by atoms with Crippen molar-refractivity contribution < 1.29 is 17.6 Å². The first-order valence-electron chi connectivity index (χ1n) is 9.55. The molecule has 1 amide bonds. The first-order chi connectivity index (χ1) is 14.4. The number of aromatic nitrogens is 2. The van der Waals surface area contributed by atoms with Gasteiger partial charge in [0.2, 0.25) is 10.0 Å². The molecule has 156 valence electrons. The van der Waals surface area contributed by atoms with Crippen molar-refractivity contribution in [2.75, 3.05) is 20.1 Å². The number of rotatable bonds is 4. The SMILES string of the molecule is CNC(=O)c1nc(-c2ccccc2)n2c1CCN(S(=O)(=O)c1ccccc1F)CC2. The number of carbonyl (C=O) groups excluding carboxylic acids is 1. The van der Waals surface area contributed by atoms with Crippen molar-refractivity contribution in [2.24, 2.45) is 0 Å². The second-order valence-electron chi connectivity index (χ2n) is 6.91. The second kappa shape index (κ2) is 8.00. The Morgan fingerprint density at radius 3 is 2.43 bits per heavy atom. The fourth-order valence-corrected chi connectivity index (χ4v) is 5.17. The van der Waals surface area contributed by atoms with Crippen LogP contribution in [0.1, 0.15) is 16.2 Å². The van der Waals surface area contributed by atoms with Gasteiger partial charge in [-0.3, -0.25) is 4.79 Å². The number of sulfonamides is 1. The predicted molar refractivity (Wildman–Crippen MR) is 110 cm³/mol. The first kappa shape index (κ1) is 20.2. The van der Waals surface area contributed by atoms with Crippen LogP contribution in [-0.4, -0.2) is 48.3 Å². The largest absolute Gasteiger partial charge is 0.354 e. The van der Waals surface area contributed by atoms with Crippen LogP contribution in [-0.2, 0) is 23.0 Å². The standard InChI is InChI=1S/C21H21FN4O3S/c1-23-21(27)19-17-11-12-25(30(28,29)18-10-6-5-9-16(18)22)13-14-26(17)20(24-19)15-7-3-2-4-8-15/h2-10H,11-14H2,1H3,(H,23,27). The maximum Gasteiger partial charge on any atom is 0.271 e. The number of hydrogen-bond donors (Lipinski definition) is 1. The molecule has 3 aromatic rings. The highest BCUT2D eigenvalue weighted by molar-refractivity contribution is 7.89. The Kier molecular flexibility index (Phi) is 5.40. The van der Waals surface area contributed by atoms with Crippen molar-refractivity contribution in [3.05, 3.63) is 71.8 Å². The Hall–Kier alpha value is -3.04. The lowest BCUT2D eigenvalue weighted by atomic mass is 10.2. The van der Waals surface area contributed by atoms with E-state index in [1.165, 1.54) is 29.6 Å². The van der Waals surface area contributed by atoms with E-state index < -0.39 is 15.8 Å². The van der Waals surface area contributed by atoms with Crippen LogP contribution in [0.2, 0.25) is 0 Å². The summed E-state index contributed by atoms with van der Waals surface area (Å²) in [5.41, 5.74) is 1.78. The van der Waals surface area contributed by atoms with Gasteiger partial charge in [-0.05, 0) is 12.1 Å². The van der Waals surface area contributed by atoms with E-state index in [1.807, 2.05) is 34.9 Å². The summed E-state index contributed by atoms with van der Waals surface area (Å²) in [5.74, 6) is -0.500. The van der Waals surface area contributed by atoms with Crippen molar-refractivity contribution in [3.8, 4) is 11.4 Å². The van der Waals surface area contributed by atoms with Crippen molar-refractivity contribution in [1.29, 1.82) is 0 Å². The molecule has 7 nitrogen and oxygen atoms in total. The summed E-state index contributed by atoms with van der Waals surface area (Å²) in [7, 11) is -2.47. The van der Waals surface area contributed by atoms with Gasteiger partial charge < -0.3 is 9.88 Å². The predicted octanol–water partition coefficient (Wildman–Crippen LogP) is 2.30. The highest BCUT2D eigenvalue weighted by atomic mass is 32.2. The quantitative estimate of drug-likeness (QED) is 0.691. The molecule has 2 aromatic carbocycles. The van der Waals surface area contributed by atoms with Gasteiger partial charge in [0, 0.05) is 38.7 Å². The molecule has 0 fully saturated rings. The zero-order valence-corrected chi connectivity index (χ0v) is 17.2. The van der Waals surface area contributed by atoms with Crippen LogP contribution in [0.5, 0.6) is 0 Å². The zero-order valence-electron chi connectivity index (χ0n) is 16.4. The van der Waals surface area contributed by atoms with Crippen LogP contribution in [0.4, 0.5) is 4.39 Å². The minimum Gasteiger partial charge on any atom is -0.354 e. The lowest BCUT2D eigenvalue weighted by Gasteiger charge is -2.20. The molecule has 0 unspecified atom stereocenters. The number of fused-ring (bicyclic) bond motifs is 1. The number of benzene rings is 2. The van der Waals surface area contributed by atoms with Gasteiger partial charge in [0.25, 0.3) is 5.91 Å². The topological polar surface area (TPSA) is 84.3 Å². The number of nitrogens with zero attached hydrogens (tertiary/aromatic N) is 3. The van der Waals surface area contributed by atoms with E-state index in [2.05, 4.69) is 10.3 Å². The monoisotopic (exact) mass is 428 g/mol. The molecule has 0 saturated heterocycles. The lowest BCUT2D eigenvalue weighted by Crippen LogP contribution is -2.34. The van der Waals surface area contributed by atoms with Gasteiger partial charge in [-0.2, -0.15) is 4.31 Å². The van der Waals surface area contributed by atoms with E-state index in [0.29, 0.717) is 18.1 Å². The smallest absolute Gasteiger partial charge is 0.271 e. The molecule has 0 bridgehead atoms. The van der Waals surface area contributed by atoms with Crippen LogP contribution >= 0.6 is 0 Å². The molecule has 1 aromatic heterocycles. The molecule has 1 aliphatic rings. The molecule has 0 saturated carbocycles. The third-order valence-corrected chi connectivity index (χ3v) is 7.10. The van der Waals surface area contributed by atoms with Crippen LogP contribution < -0.4 is 5.32 Å². The molecule has 0 aliphatic carbocycles. The lowest BCUT2D eigenvalue weighted by molar-refractivity contribution is 0.0957. The number of amides is 1. The maximum atomic E-state index is 14.2. The molecular weight excluding hydrogens is 407 g/mol. The van der Waals surface area contributed by atoms with Crippen molar-refractivity contribution in [2.45, 2.75) is 17.9 Å². The summed E-state index contributed by atoms with van der Waals surface area (Å²) in [6.07, 6.45) is 0.288. The first-order valence-corrected chi connectivity index (χ1v) is 11.0. The van der Waals surface area contributed by atoms with Crippen molar-refractivity contribution >= 4 is 15.9 Å². The van der Waals surface area contributed by atoms with Crippen molar-refractivity contribution in [3.63, 3.8) is 0 Å². The molecule has 1 N–H and O–H groups in total. The molecule has 0 radical (unpaired) electrons. The molecule has 0 atom stereocenters. The number of hydrogen-bond acceptors (Lipinski definition) is 4. The average Bonchev–Trinajstić information content (AvgIpc) is 2.97. The Labute approximate surface area is 174 Å². The van der Waals surface area contributed by atoms with Crippen LogP contribution in [0.15, 0.2) is 59.5 Å². The Bertz CT molecular complexity index is 1190. The summed E-state index contributed by atoms with van der Waals surface area (Å²) in [6, 6.07) is 14.8. The summed E-state index contributed by atoms with van der Waals surface area (Å²) in [6.45, 7) is 0.574. The highest BCUT2D eigenvalue weighted by Gasteiger charge is 2.32. The van der Waals surface area contributed by atoms with Crippen LogP contribution in [0, 0.1) is 5.82 Å². The van der Waals surface area contributed by atoms with Crippen molar-refractivity contribution in [1.82, 2.24) is 19.2 Å². The van der Waals surface area contributed by atoms with Gasteiger partial charge in [-0.25, -0.2) is 17.8 Å². The third kappa shape index (κ3) is 3.50. The number of carbonyl (C=O) groups is 1. The van der Waals surface area contributed by atoms with Gasteiger partial charge in [0.15, 0.2) is 0 Å². The van der Waals surface area contributed by atoms with Gasteiger partial charge >= 0.3 is 0 Å². The Balaban J connectivity index is 1.74. The fourth-order valence-electron chi connectivity index (χ4n) is 3.68. The molecule has 2 heterocycles. The minimum atomic E-state index is -4.00. The second-order valence-corrected chi connectivity index (χ2v) is 8.82. The molecule has 30 heavy (non-hydrogen) atoms. The molecule has 1 aliphatic heterocycles. The normalized spacial score (nSPS) is 14.7. The third-order valence-electron chi connectivity index (χ3n) is 5.17. The molecule has 4 rings (SSSR count). The minimum absolute atomic E-state index is 0.126. The van der Waals surface area contributed by atoms with E-state index in [-0.39, 0.29) is 36.0 Å². The van der Waals surface area contributed by atoms with E-state index in [4.69, 9.17) is 0 Å². The van der Waals surface area contributed by atoms with Gasteiger partial charge in [0.05, 0.1) is 5.69 Å². The molecule has 0 spiro atoms. The van der Waals surface area contributed by atoms with Crippen LogP contribution in [0.3, 0.4) is 0 Å². The Morgan fingerprint density at radius 1 is 1.03 bits per heavy atom. The summed E-state index contributed by atoms with van der Waals surface area (Å²) < 4.78 is 43.4. The number of halogens is 1. The average molecular weight is 428 g/mol. The van der Waals surface area contributed by atoms with E-state index in [0.717, 1.165) is 11.6 Å². The van der Waals surface area contributed by atoms with Crippen LogP contribution in [0.25, 0.3) is 11.4 Å². The highest BCUT2D eigenvalue weighted by Crippen LogP contribution is 2.27. The van der Waals surface area contributed by atoms with E-state index in [9.17, 15) is 17.6 Å².